The lowest BCUT2D eigenvalue weighted by Gasteiger charge is -2.13. The first-order valence-electron chi connectivity index (χ1n) is 9.36. The number of pyridine rings is 1. The Hall–Kier alpha value is -3.36. The molecule has 1 aromatic carbocycles. The van der Waals surface area contributed by atoms with E-state index in [0.717, 1.165) is 22.4 Å². The van der Waals surface area contributed by atoms with Crippen LogP contribution in [0.3, 0.4) is 0 Å². The highest BCUT2D eigenvalue weighted by Crippen LogP contribution is 2.28. The van der Waals surface area contributed by atoms with Crippen LogP contribution in [0.25, 0.3) is 0 Å². The van der Waals surface area contributed by atoms with E-state index < -0.39 is 16.4 Å². The first kappa shape index (κ1) is 21.9. The number of amides is 1. The Labute approximate surface area is 168 Å². The van der Waals surface area contributed by atoms with Crippen molar-refractivity contribution in [2.24, 2.45) is 0 Å². The number of ether oxygens (including phenoxy) is 2. The predicted molar refractivity (Wildman–Crippen MR) is 108 cm³/mol. The largest absolute Gasteiger partial charge is 0.490 e. The van der Waals surface area contributed by atoms with Crippen molar-refractivity contribution in [3.05, 3.63) is 62.1 Å². The van der Waals surface area contributed by atoms with Gasteiger partial charge in [-0.05, 0) is 44.9 Å². The minimum Gasteiger partial charge on any atom is -0.490 e. The van der Waals surface area contributed by atoms with Gasteiger partial charge in [-0.15, -0.1) is 0 Å². The topological polar surface area (TPSA) is 113 Å². The van der Waals surface area contributed by atoms with Crippen molar-refractivity contribution >= 4 is 11.6 Å². The highest BCUT2D eigenvalue weighted by molar-refractivity contribution is 5.75. The number of nitro groups is 1. The number of hydrogen-bond donors (Lipinski definition) is 1. The van der Waals surface area contributed by atoms with Gasteiger partial charge in [0.1, 0.15) is 6.54 Å². The monoisotopic (exact) mass is 403 g/mol. The van der Waals surface area contributed by atoms with E-state index >= 15 is 0 Å². The Bertz CT molecular complexity index is 938. The van der Waals surface area contributed by atoms with Gasteiger partial charge in [0.25, 0.3) is 11.2 Å². The molecule has 0 radical (unpaired) electrons. The van der Waals surface area contributed by atoms with Crippen LogP contribution >= 0.6 is 0 Å². The van der Waals surface area contributed by atoms with E-state index in [9.17, 15) is 19.7 Å². The number of carbonyl (C=O) groups is 1. The molecule has 0 fully saturated rings. The van der Waals surface area contributed by atoms with Gasteiger partial charge in [-0.2, -0.15) is 0 Å². The lowest BCUT2D eigenvalue weighted by atomic mass is 10.1. The first-order valence-corrected chi connectivity index (χ1v) is 9.36. The Morgan fingerprint density at radius 2 is 1.86 bits per heavy atom. The fourth-order valence-electron chi connectivity index (χ4n) is 2.78. The SMILES string of the molecule is CCOc1ccc(CCNC(=O)Cn2cc([N+](=O)[O-])c(C)cc2=O)cc1OCC. The van der Waals surface area contributed by atoms with Crippen molar-refractivity contribution in [2.45, 2.75) is 33.7 Å². The molecule has 0 saturated heterocycles. The first-order chi connectivity index (χ1) is 13.8. The van der Waals surface area contributed by atoms with E-state index in [4.69, 9.17) is 9.47 Å². The quantitative estimate of drug-likeness (QED) is 0.481. The molecule has 2 rings (SSSR count). The van der Waals surface area contributed by atoms with Crippen molar-refractivity contribution in [2.75, 3.05) is 19.8 Å². The van der Waals surface area contributed by atoms with Crippen LogP contribution in [0.2, 0.25) is 0 Å². The second-order valence-electron chi connectivity index (χ2n) is 6.31. The number of benzene rings is 1. The molecule has 9 nitrogen and oxygen atoms in total. The van der Waals surface area contributed by atoms with Crippen molar-refractivity contribution in [1.82, 2.24) is 9.88 Å². The molecule has 1 heterocycles. The number of aromatic nitrogens is 1. The molecular formula is C20H25N3O6. The van der Waals surface area contributed by atoms with Crippen molar-refractivity contribution < 1.29 is 19.2 Å². The summed E-state index contributed by atoms with van der Waals surface area (Å²) in [4.78, 5) is 34.5. The highest BCUT2D eigenvalue weighted by Gasteiger charge is 2.15. The van der Waals surface area contributed by atoms with Gasteiger partial charge in [-0.25, -0.2) is 0 Å². The van der Waals surface area contributed by atoms with Crippen LogP contribution < -0.4 is 20.3 Å². The molecule has 0 aliphatic heterocycles. The summed E-state index contributed by atoms with van der Waals surface area (Å²) in [5, 5.41) is 13.7. The van der Waals surface area contributed by atoms with Crippen molar-refractivity contribution in [3.63, 3.8) is 0 Å². The van der Waals surface area contributed by atoms with Crippen LogP contribution in [-0.4, -0.2) is 35.2 Å². The van der Waals surface area contributed by atoms with Gasteiger partial charge in [-0.1, -0.05) is 6.07 Å². The lowest BCUT2D eigenvalue weighted by molar-refractivity contribution is -0.385. The van der Waals surface area contributed by atoms with Gasteiger partial charge >= 0.3 is 0 Å². The Morgan fingerprint density at radius 1 is 1.17 bits per heavy atom. The highest BCUT2D eigenvalue weighted by atomic mass is 16.6. The fourth-order valence-corrected chi connectivity index (χ4v) is 2.78. The molecule has 0 spiro atoms. The second-order valence-corrected chi connectivity index (χ2v) is 6.31. The summed E-state index contributed by atoms with van der Waals surface area (Å²) in [7, 11) is 0. The Morgan fingerprint density at radius 3 is 2.52 bits per heavy atom. The summed E-state index contributed by atoms with van der Waals surface area (Å²) in [6.45, 7) is 6.38. The minimum atomic E-state index is -0.578. The minimum absolute atomic E-state index is 0.199. The average molecular weight is 403 g/mol. The molecule has 9 heteroatoms. The molecule has 0 atom stereocenters. The zero-order valence-electron chi connectivity index (χ0n) is 16.8. The van der Waals surface area contributed by atoms with Gasteiger partial charge in [-0.3, -0.25) is 24.3 Å². The molecule has 0 aliphatic carbocycles. The smallest absolute Gasteiger partial charge is 0.288 e. The van der Waals surface area contributed by atoms with Gasteiger partial charge in [0.15, 0.2) is 11.5 Å². The molecule has 1 N–H and O–H groups in total. The van der Waals surface area contributed by atoms with Crippen LogP contribution in [-0.2, 0) is 17.8 Å². The Kier molecular flexibility index (Phi) is 7.76. The molecule has 1 aromatic heterocycles. The number of aryl methyl sites for hydroxylation is 1. The fraction of sp³-hybridized carbons (Fsp3) is 0.400. The number of rotatable bonds is 10. The van der Waals surface area contributed by atoms with Gasteiger partial charge in [0.2, 0.25) is 5.91 Å². The van der Waals surface area contributed by atoms with Gasteiger partial charge in [0, 0.05) is 18.2 Å². The van der Waals surface area contributed by atoms with E-state index in [1.165, 1.54) is 6.92 Å². The zero-order valence-corrected chi connectivity index (χ0v) is 16.8. The third-order valence-electron chi connectivity index (χ3n) is 4.16. The van der Waals surface area contributed by atoms with Crippen LogP contribution in [0.5, 0.6) is 11.5 Å². The van der Waals surface area contributed by atoms with Crippen molar-refractivity contribution in [3.8, 4) is 11.5 Å². The molecule has 29 heavy (non-hydrogen) atoms. The molecule has 0 unspecified atom stereocenters. The zero-order chi connectivity index (χ0) is 21.4. The van der Waals surface area contributed by atoms with E-state index in [1.54, 1.807) is 0 Å². The van der Waals surface area contributed by atoms with Crippen LogP contribution in [0.1, 0.15) is 25.0 Å². The maximum Gasteiger partial charge on any atom is 0.288 e. The summed E-state index contributed by atoms with van der Waals surface area (Å²) >= 11 is 0. The Balaban J connectivity index is 1.97. The van der Waals surface area contributed by atoms with Crippen molar-refractivity contribution in [1.29, 1.82) is 0 Å². The molecule has 156 valence electrons. The van der Waals surface area contributed by atoms with Crippen LogP contribution in [0.15, 0.2) is 35.3 Å². The summed E-state index contributed by atoms with van der Waals surface area (Å²) in [6, 6.07) is 6.75. The van der Waals surface area contributed by atoms with E-state index in [2.05, 4.69) is 5.32 Å². The number of nitrogens with zero attached hydrogens (tertiary/aromatic N) is 2. The summed E-state index contributed by atoms with van der Waals surface area (Å²) < 4.78 is 12.1. The molecule has 0 bridgehead atoms. The maximum absolute atomic E-state index is 12.1. The normalized spacial score (nSPS) is 10.4. The summed E-state index contributed by atoms with van der Waals surface area (Å²) in [5.41, 5.74) is 0.559. The molecule has 0 saturated carbocycles. The van der Waals surface area contributed by atoms with Gasteiger partial charge in [0.05, 0.1) is 24.3 Å². The summed E-state index contributed by atoms with van der Waals surface area (Å²) in [6.07, 6.45) is 1.65. The molecular weight excluding hydrogens is 378 g/mol. The number of nitrogens with one attached hydrogen (secondary N) is 1. The van der Waals surface area contributed by atoms with E-state index in [1.807, 2.05) is 32.0 Å². The van der Waals surface area contributed by atoms with E-state index in [-0.39, 0.29) is 17.8 Å². The van der Waals surface area contributed by atoms with E-state index in [0.29, 0.717) is 37.7 Å². The molecule has 0 aliphatic rings. The lowest BCUT2D eigenvalue weighted by Crippen LogP contribution is -2.33. The number of hydrogen-bond acceptors (Lipinski definition) is 6. The average Bonchev–Trinajstić information content (AvgIpc) is 2.66. The standard InChI is InChI=1S/C20H25N3O6/c1-4-28-17-7-6-15(11-18(17)29-5-2)8-9-21-19(24)13-22-12-16(23(26)27)14(3)10-20(22)25/h6-7,10-12H,4-5,8-9,13H2,1-3H3,(H,21,24). The van der Waals surface area contributed by atoms with Crippen LogP contribution in [0.4, 0.5) is 5.69 Å². The van der Waals surface area contributed by atoms with Crippen LogP contribution in [0, 0.1) is 17.0 Å². The summed E-state index contributed by atoms with van der Waals surface area (Å²) in [5.74, 6) is 0.917. The third kappa shape index (κ3) is 6.06. The predicted octanol–water partition coefficient (Wildman–Crippen LogP) is 2.22. The van der Waals surface area contributed by atoms with Gasteiger partial charge < -0.3 is 14.8 Å². The number of carbonyl (C=O) groups excluding carboxylic acids is 1. The maximum atomic E-state index is 12.1. The third-order valence-corrected chi connectivity index (χ3v) is 4.16. The molecule has 1 amide bonds. The molecule has 2 aromatic rings. The second kappa shape index (κ2) is 10.3.